The van der Waals surface area contributed by atoms with Crippen molar-refractivity contribution in [3.05, 3.63) is 52.4 Å². The van der Waals surface area contributed by atoms with E-state index in [0.29, 0.717) is 41.2 Å². The Hall–Kier alpha value is -1.96. The topological polar surface area (TPSA) is 47.4 Å². The van der Waals surface area contributed by atoms with Crippen molar-refractivity contribution in [1.29, 1.82) is 0 Å². The summed E-state index contributed by atoms with van der Waals surface area (Å²) in [6.45, 7) is 2.20. The van der Waals surface area contributed by atoms with Crippen LogP contribution in [0.25, 0.3) is 10.1 Å². The first-order valence-corrected chi connectivity index (χ1v) is 9.58. The van der Waals surface area contributed by atoms with Crippen LogP contribution < -0.4 is 0 Å². The number of fused-ring (bicyclic) bond motifs is 1. The number of nitrogens with zero attached hydrogens (tertiary/aromatic N) is 3. The van der Waals surface area contributed by atoms with Crippen LogP contribution >= 0.6 is 22.9 Å². The van der Waals surface area contributed by atoms with Crippen LogP contribution in [0.2, 0.25) is 5.02 Å². The summed E-state index contributed by atoms with van der Waals surface area (Å²) in [6, 6.07) is 6.61. The molecule has 136 valence electrons. The fraction of sp³-hybridized carbons (Fsp3) is 0.333. The summed E-state index contributed by atoms with van der Waals surface area (Å²) in [7, 11) is 0. The lowest BCUT2D eigenvalue weighted by Gasteiger charge is -2.23. The van der Waals surface area contributed by atoms with E-state index in [-0.39, 0.29) is 17.0 Å². The molecule has 4 rings (SSSR count). The quantitative estimate of drug-likeness (QED) is 0.679. The van der Waals surface area contributed by atoms with Crippen LogP contribution in [-0.2, 0) is 11.3 Å². The number of hydrogen-bond donors (Lipinski definition) is 0. The van der Waals surface area contributed by atoms with E-state index >= 15 is 0 Å². The minimum atomic E-state index is -0.404. The van der Waals surface area contributed by atoms with E-state index in [1.54, 1.807) is 27.9 Å². The molecule has 0 N–H and O–H groups in total. The van der Waals surface area contributed by atoms with E-state index in [2.05, 4.69) is 5.10 Å². The third-order valence-electron chi connectivity index (χ3n) is 4.39. The first kappa shape index (κ1) is 17.5. The lowest BCUT2D eigenvalue weighted by molar-refractivity contribution is 0.0369. The van der Waals surface area contributed by atoms with Gasteiger partial charge in [0.05, 0.1) is 17.7 Å². The van der Waals surface area contributed by atoms with E-state index in [9.17, 15) is 9.18 Å². The second-order valence-corrected chi connectivity index (χ2v) is 7.61. The van der Waals surface area contributed by atoms with Crippen LogP contribution in [-0.4, -0.2) is 46.4 Å². The number of carbonyl (C=O) groups is 1. The Balaban J connectivity index is 1.58. The lowest BCUT2D eigenvalue weighted by atomic mass is 10.2. The molecule has 0 aliphatic carbocycles. The molecule has 1 unspecified atom stereocenters. The zero-order valence-corrected chi connectivity index (χ0v) is 15.5. The molecule has 1 fully saturated rings. The van der Waals surface area contributed by atoms with Gasteiger partial charge in [0, 0.05) is 42.2 Å². The second-order valence-electron chi connectivity index (χ2n) is 6.18. The number of aromatic nitrogens is 2. The van der Waals surface area contributed by atoms with Gasteiger partial charge in [0.25, 0.3) is 5.91 Å². The van der Waals surface area contributed by atoms with Crippen LogP contribution in [0.15, 0.2) is 36.7 Å². The van der Waals surface area contributed by atoms with Gasteiger partial charge in [0.1, 0.15) is 10.7 Å². The molecular formula is C18H17ClFN3O2S. The smallest absolute Gasteiger partial charge is 0.265 e. The largest absolute Gasteiger partial charge is 0.374 e. The molecule has 1 amide bonds. The molecule has 3 aromatic rings. The van der Waals surface area contributed by atoms with Crippen molar-refractivity contribution in [2.45, 2.75) is 19.1 Å². The van der Waals surface area contributed by atoms with E-state index < -0.39 is 5.82 Å². The van der Waals surface area contributed by atoms with Gasteiger partial charge in [-0.05, 0) is 24.6 Å². The lowest BCUT2D eigenvalue weighted by Crippen LogP contribution is -2.38. The molecule has 1 aromatic carbocycles. The molecule has 5 nitrogen and oxygen atoms in total. The van der Waals surface area contributed by atoms with Gasteiger partial charge < -0.3 is 9.64 Å². The number of hydrogen-bond acceptors (Lipinski definition) is 4. The highest BCUT2D eigenvalue weighted by molar-refractivity contribution is 7.21. The molecule has 0 spiro atoms. The number of amides is 1. The third kappa shape index (κ3) is 3.34. The van der Waals surface area contributed by atoms with Gasteiger partial charge in [-0.2, -0.15) is 5.10 Å². The van der Waals surface area contributed by atoms with Gasteiger partial charge in [-0.3, -0.25) is 9.48 Å². The molecule has 8 heteroatoms. The Kier molecular flexibility index (Phi) is 4.93. The predicted molar refractivity (Wildman–Crippen MR) is 99.3 cm³/mol. The molecular weight excluding hydrogens is 377 g/mol. The number of rotatable bonds is 3. The van der Waals surface area contributed by atoms with Gasteiger partial charge in [0.2, 0.25) is 0 Å². The normalized spacial score (nSPS) is 18.2. The summed E-state index contributed by atoms with van der Waals surface area (Å²) in [5.74, 6) is -0.579. The first-order chi connectivity index (χ1) is 12.6. The molecule has 1 atom stereocenters. The minimum Gasteiger partial charge on any atom is -0.374 e. The fourth-order valence-corrected chi connectivity index (χ4v) is 4.68. The van der Waals surface area contributed by atoms with E-state index in [1.807, 2.05) is 12.3 Å². The fourth-order valence-electron chi connectivity index (χ4n) is 3.16. The number of carbonyl (C=O) groups excluding carboxylic acids is 1. The Morgan fingerprint density at radius 1 is 1.42 bits per heavy atom. The van der Waals surface area contributed by atoms with E-state index in [1.165, 1.54) is 17.4 Å². The maximum Gasteiger partial charge on any atom is 0.265 e. The molecule has 0 radical (unpaired) electrons. The molecule has 26 heavy (non-hydrogen) atoms. The SMILES string of the molecule is O=C(c1sc2cccc(F)c2c1Cl)N1CCCOC(Cn2cccn2)C1. The van der Waals surface area contributed by atoms with Crippen LogP contribution in [0.1, 0.15) is 16.1 Å². The molecule has 1 saturated heterocycles. The maximum atomic E-state index is 14.1. The van der Waals surface area contributed by atoms with Crippen LogP contribution in [0.5, 0.6) is 0 Å². The summed E-state index contributed by atoms with van der Waals surface area (Å²) in [6.07, 6.45) is 4.18. The summed E-state index contributed by atoms with van der Waals surface area (Å²) in [4.78, 5) is 15.2. The van der Waals surface area contributed by atoms with Gasteiger partial charge >= 0.3 is 0 Å². The van der Waals surface area contributed by atoms with Gasteiger partial charge in [-0.25, -0.2) is 4.39 Å². The molecule has 1 aliphatic heterocycles. The zero-order chi connectivity index (χ0) is 18.1. The van der Waals surface area contributed by atoms with Crippen molar-refractivity contribution in [2.24, 2.45) is 0 Å². The molecule has 1 aliphatic rings. The standard InChI is InChI=1S/C18H17ClFN3O2S/c19-16-15-13(20)4-1-5-14(15)26-17(16)18(24)22-7-3-9-25-12(10-22)11-23-8-2-6-21-23/h1-2,4-6,8,12H,3,7,9-11H2. The van der Waals surface area contributed by atoms with Gasteiger partial charge in [-0.15, -0.1) is 11.3 Å². The number of halogens is 2. The number of thiophene rings is 1. The molecule has 2 aromatic heterocycles. The Morgan fingerprint density at radius 3 is 3.08 bits per heavy atom. The van der Waals surface area contributed by atoms with Crippen molar-refractivity contribution in [1.82, 2.24) is 14.7 Å². The Bertz CT molecular complexity index is 928. The summed E-state index contributed by atoms with van der Waals surface area (Å²) in [5.41, 5.74) is 0. The number of benzene rings is 1. The second kappa shape index (κ2) is 7.34. The third-order valence-corrected chi connectivity index (χ3v) is 6.02. The highest BCUT2D eigenvalue weighted by Crippen LogP contribution is 2.37. The van der Waals surface area contributed by atoms with Crippen molar-refractivity contribution in [3.63, 3.8) is 0 Å². The maximum absolute atomic E-state index is 14.1. The van der Waals surface area contributed by atoms with Crippen molar-refractivity contribution >= 4 is 38.9 Å². The van der Waals surface area contributed by atoms with E-state index in [4.69, 9.17) is 16.3 Å². The average molecular weight is 394 g/mol. The highest BCUT2D eigenvalue weighted by Gasteiger charge is 2.28. The zero-order valence-electron chi connectivity index (χ0n) is 13.9. The van der Waals surface area contributed by atoms with Crippen LogP contribution in [0, 0.1) is 5.82 Å². The molecule has 0 bridgehead atoms. The van der Waals surface area contributed by atoms with Gasteiger partial charge in [0.15, 0.2) is 0 Å². The van der Waals surface area contributed by atoms with Crippen LogP contribution in [0.4, 0.5) is 4.39 Å². The first-order valence-electron chi connectivity index (χ1n) is 8.38. The Morgan fingerprint density at radius 2 is 2.31 bits per heavy atom. The minimum absolute atomic E-state index is 0.147. The summed E-state index contributed by atoms with van der Waals surface area (Å²) >= 11 is 7.58. The van der Waals surface area contributed by atoms with E-state index in [0.717, 1.165) is 6.42 Å². The van der Waals surface area contributed by atoms with Crippen molar-refractivity contribution in [3.8, 4) is 0 Å². The van der Waals surface area contributed by atoms with Gasteiger partial charge in [-0.1, -0.05) is 17.7 Å². The highest BCUT2D eigenvalue weighted by atomic mass is 35.5. The summed E-state index contributed by atoms with van der Waals surface area (Å²) in [5, 5.41) is 4.71. The number of ether oxygens (including phenoxy) is 1. The summed E-state index contributed by atoms with van der Waals surface area (Å²) < 4.78 is 22.4. The Labute approximate surface area is 158 Å². The van der Waals surface area contributed by atoms with Crippen LogP contribution in [0.3, 0.4) is 0 Å². The predicted octanol–water partition coefficient (Wildman–Crippen LogP) is 3.82. The molecule has 0 saturated carbocycles. The monoisotopic (exact) mass is 393 g/mol. The average Bonchev–Trinajstić information content (AvgIpc) is 3.18. The van der Waals surface area contributed by atoms with Crippen molar-refractivity contribution < 1.29 is 13.9 Å². The molecule has 3 heterocycles. The van der Waals surface area contributed by atoms with Crippen molar-refractivity contribution in [2.75, 3.05) is 19.7 Å².